The van der Waals surface area contributed by atoms with Crippen molar-refractivity contribution in [2.75, 3.05) is 11.1 Å². The van der Waals surface area contributed by atoms with E-state index >= 15 is 0 Å². The van der Waals surface area contributed by atoms with Gasteiger partial charge >= 0.3 is 0 Å². The summed E-state index contributed by atoms with van der Waals surface area (Å²) >= 11 is 5.61. The highest BCUT2D eigenvalue weighted by Crippen LogP contribution is 2.19. The normalized spacial score (nSPS) is 10.3. The third-order valence-electron chi connectivity index (χ3n) is 1.99. The molecule has 5 nitrogen and oxygen atoms in total. The molecule has 0 bridgehead atoms. The lowest BCUT2D eigenvalue weighted by molar-refractivity contribution is 0.631. The number of rotatable bonds is 2. The fourth-order valence-electron chi connectivity index (χ4n) is 1.28. The van der Waals surface area contributed by atoms with Crippen LogP contribution in [0.4, 0.5) is 22.0 Å². The summed E-state index contributed by atoms with van der Waals surface area (Å²) in [6.07, 6.45) is 0. The molecule has 2 aromatic rings. The van der Waals surface area contributed by atoms with Gasteiger partial charge in [0.2, 0.25) is 17.2 Å². The van der Waals surface area contributed by atoms with Crippen LogP contribution in [0.25, 0.3) is 0 Å². The lowest BCUT2D eigenvalue weighted by Gasteiger charge is -2.07. The van der Waals surface area contributed by atoms with Crippen LogP contribution in [0, 0.1) is 12.7 Å². The fourth-order valence-corrected chi connectivity index (χ4v) is 1.44. The molecule has 0 aliphatic heterocycles. The molecule has 3 N–H and O–H groups in total. The molecule has 0 atom stereocenters. The topological polar surface area (TPSA) is 76.7 Å². The number of nitrogen functional groups attached to an aromatic ring is 1. The third-order valence-corrected chi connectivity index (χ3v) is 2.16. The molecule has 7 heteroatoms. The number of benzene rings is 1. The first-order valence-corrected chi connectivity index (χ1v) is 5.12. The molecule has 0 saturated carbocycles. The number of hydrogen-bond acceptors (Lipinski definition) is 5. The Balaban J connectivity index is 2.34. The molecule has 17 heavy (non-hydrogen) atoms. The molecule has 0 fully saturated rings. The lowest BCUT2D eigenvalue weighted by atomic mass is 10.2. The van der Waals surface area contributed by atoms with Crippen LogP contribution in [-0.2, 0) is 0 Å². The average molecular weight is 254 g/mol. The lowest BCUT2D eigenvalue weighted by Crippen LogP contribution is -2.04. The van der Waals surface area contributed by atoms with Crippen molar-refractivity contribution < 1.29 is 4.39 Å². The van der Waals surface area contributed by atoms with Crippen molar-refractivity contribution >= 4 is 29.2 Å². The van der Waals surface area contributed by atoms with E-state index in [2.05, 4.69) is 20.3 Å². The Morgan fingerprint density at radius 3 is 2.76 bits per heavy atom. The van der Waals surface area contributed by atoms with E-state index in [1.807, 2.05) is 6.92 Å². The summed E-state index contributed by atoms with van der Waals surface area (Å²) in [4.78, 5) is 11.2. The molecule has 1 aromatic heterocycles. The van der Waals surface area contributed by atoms with Crippen molar-refractivity contribution in [2.45, 2.75) is 6.92 Å². The first kappa shape index (κ1) is 11.5. The van der Waals surface area contributed by atoms with E-state index in [9.17, 15) is 4.39 Å². The zero-order chi connectivity index (χ0) is 12.4. The number of aryl methyl sites for hydroxylation is 1. The van der Waals surface area contributed by atoms with Gasteiger partial charge in [-0.05, 0) is 36.2 Å². The predicted molar refractivity (Wildman–Crippen MR) is 63.7 cm³/mol. The molecule has 0 amide bonds. The minimum absolute atomic E-state index is 0.0273. The number of nitrogens with zero attached hydrogens (tertiary/aromatic N) is 3. The van der Waals surface area contributed by atoms with E-state index in [0.717, 1.165) is 5.56 Å². The molecule has 0 radical (unpaired) electrons. The second kappa shape index (κ2) is 4.50. The Morgan fingerprint density at radius 2 is 2.06 bits per heavy atom. The van der Waals surface area contributed by atoms with Gasteiger partial charge in [0, 0.05) is 0 Å². The number of aromatic nitrogens is 3. The summed E-state index contributed by atoms with van der Waals surface area (Å²) in [6.45, 7) is 1.85. The summed E-state index contributed by atoms with van der Waals surface area (Å²) < 4.78 is 13.5. The summed E-state index contributed by atoms with van der Waals surface area (Å²) in [5.74, 6) is -0.335. The minimum Gasteiger partial charge on any atom is -0.368 e. The Hall–Kier alpha value is -1.95. The van der Waals surface area contributed by atoms with Gasteiger partial charge < -0.3 is 11.1 Å². The zero-order valence-electron chi connectivity index (χ0n) is 8.91. The first-order chi connectivity index (χ1) is 8.04. The van der Waals surface area contributed by atoms with Crippen LogP contribution in [0.15, 0.2) is 18.2 Å². The molecule has 2 rings (SSSR count). The maximum Gasteiger partial charge on any atom is 0.233 e. The maximum atomic E-state index is 13.5. The Kier molecular flexibility index (Phi) is 3.06. The molecule has 0 saturated heterocycles. The highest BCUT2D eigenvalue weighted by atomic mass is 35.5. The summed E-state index contributed by atoms with van der Waals surface area (Å²) in [6, 6.07) is 4.64. The molecule has 0 aliphatic carbocycles. The second-order valence-corrected chi connectivity index (χ2v) is 3.73. The van der Waals surface area contributed by atoms with Crippen LogP contribution < -0.4 is 11.1 Å². The SMILES string of the molecule is Cc1ccc(F)c(Nc2nc(N)nc(Cl)n2)c1. The number of hydrogen-bond donors (Lipinski definition) is 2. The van der Waals surface area contributed by atoms with E-state index in [-0.39, 0.29) is 22.9 Å². The van der Waals surface area contributed by atoms with Crippen LogP contribution in [0.1, 0.15) is 5.56 Å². The van der Waals surface area contributed by atoms with Crippen molar-refractivity contribution in [1.82, 2.24) is 15.0 Å². The Morgan fingerprint density at radius 1 is 1.29 bits per heavy atom. The smallest absolute Gasteiger partial charge is 0.233 e. The quantitative estimate of drug-likeness (QED) is 0.859. The summed E-state index contributed by atoms with van der Waals surface area (Å²) in [5.41, 5.74) is 6.56. The molecular weight excluding hydrogens is 245 g/mol. The number of nitrogens with two attached hydrogens (primary N) is 1. The highest BCUT2D eigenvalue weighted by Gasteiger charge is 2.06. The van der Waals surface area contributed by atoms with Crippen molar-refractivity contribution in [3.63, 3.8) is 0 Å². The minimum atomic E-state index is -0.411. The van der Waals surface area contributed by atoms with Gasteiger partial charge in [0.25, 0.3) is 0 Å². The van der Waals surface area contributed by atoms with Crippen LogP contribution in [0.5, 0.6) is 0 Å². The van der Waals surface area contributed by atoms with Crippen LogP contribution >= 0.6 is 11.6 Å². The van der Waals surface area contributed by atoms with E-state index in [0.29, 0.717) is 0 Å². The maximum absolute atomic E-state index is 13.5. The van der Waals surface area contributed by atoms with Gasteiger partial charge in [0.15, 0.2) is 0 Å². The number of anilines is 3. The molecule has 1 aromatic carbocycles. The summed E-state index contributed by atoms with van der Waals surface area (Å²) in [5, 5.41) is 2.64. The van der Waals surface area contributed by atoms with E-state index in [1.54, 1.807) is 12.1 Å². The molecule has 0 unspecified atom stereocenters. The van der Waals surface area contributed by atoms with Gasteiger partial charge in [-0.25, -0.2) is 4.39 Å². The van der Waals surface area contributed by atoms with Crippen molar-refractivity contribution in [1.29, 1.82) is 0 Å². The van der Waals surface area contributed by atoms with Gasteiger partial charge in [-0.3, -0.25) is 0 Å². The molecule has 1 heterocycles. The van der Waals surface area contributed by atoms with Crippen molar-refractivity contribution in [3.8, 4) is 0 Å². The van der Waals surface area contributed by atoms with E-state index in [1.165, 1.54) is 6.07 Å². The van der Waals surface area contributed by atoms with Gasteiger partial charge in [0.05, 0.1) is 5.69 Å². The highest BCUT2D eigenvalue weighted by molar-refractivity contribution is 6.28. The van der Waals surface area contributed by atoms with Crippen LogP contribution in [0.3, 0.4) is 0 Å². The van der Waals surface area contributed by atoms with Gasteiger partial charge in [-0.2, -0.15) is 15.0 Å². The standard InChI is InChI=1S/C10H9ClFN5/c1-5-2-3-6(12)7(4-5)14-10-16-8(11)15-9(13)17-10/h2-4H,1H3,(H3,13,14,15,16,17). The monoisotopic (exact) mass is 253 g/mol. The average Bonchev–Trinajstić information content (AvgIpc) is 2.22. The largest absolute Gasteiger partial charge is 0.368 e. The Bertz CT molecular complexity index is 540. The summed E-state index contributed by atoms with van der Waals surface area (Å²) in [7, 11) is 0. The van der Waals surface area contributed by atoms with Crippen LogP contribution in [-0.4, -0.2) is 15.0 Å². The number of nitrogens with one attached hydrogen (secondary N) is 1. The number of halogens is 2. The van der Waals surface area contributed by atoms with E-state index < -0.39 is 5.82 Å². The predicted octanol–water partition coefficient (Wildman–Crippen LogP) is 2.30. The fraction of sp³-hybridized carbons (Fsp3) is 0.100. The van der Waals surface area contributed by atoms with Gasteiger partial charge in [0.1, 0.15) is 5.82 Å². The second-order valence-electron chi connectivity index (χ2n) is 3.39. The Labute approximate surface area is 102 Å². The zero-order valence-corrected chi connectivity index (χ0v) is 9.66. The van der Waals surface area contributed by atoms with Crippen LogP contribution in [0.2, 0.25) is 5.28 Å². The van der Waals surface area contributed by atoms with Gasteiger partial charge in [-0.1, -0.05) is 6.07 Å². The molecule has 0 spiro atoms. The molecule has 0 aliphatic rings. The molecular formula is C10H9ClFN5. The van der Waals surface area contributed by atoms with Crippen molar-refractivity contribution in [2.24, 2.45) is 0 Å². The third kappa shape index (κ3) is 2.79. The van der Waals surface area contributed by atoms with Gasteiger partial charge in [-0.15, -0.1) is 0 Å². The van der Waals surface area contributed by atoms with Crippen molar-refractivity contribution in [3.05, 3.63) is 34.9 Å². The first-order valence-electron chi connectivity index (χ1n) is 4.75. The van der Waals surface area contributed by atoms with E-state index in [4.69, 9.17) is 17.3 Å². The molecule has 88 valence electrons.